The summed E-state index contributed by atoms with van der Waals surface area (Å²) in [5, 5.41) is 24.3. The minimum absolute atomic E-state index is 0.00640. The number of carboxylic acids is 1. The van der Waals surface area contributed by atoms with Crippen LogP contribution in [0.1, 0.15) is 36.6 Å². The third kappa shape index (κ3) is 4.66. The molecule has 3 aromatic carbocycles. The Morgan fingerprint density at radius 3 is 1.66 bits per heavy atom. The third-order valence-electron chi connectivity index (χ3n) is 4.21. The van der Waals surface area contributed by atoms with Crippen molar-refractivity contribution >= 4 is 29.2 Å². The van der Waals surface area contributed by atoms with Crippen molar-refractivity contribution in [2.24, 2.45) is 0 Å². The highest BCUT2D eigenvalue weighted by Crippen LogP contribution is 2.27. The van der Waals surface area contributed by atoms with Gasteiger partial charge in [0.2, 0.25) is 0 Å². The van der Waals surface area contributed by atoms with Crippen LogP contribution < -0.4 is 10.6 Å². The van der Waals surface area contributed by atoms with Crippen molar-refractivity contribution in [3.05, 3.63) is 95.1 Å². The van der Waals surface area contributed by atoms with Crippen LogP contribution in [0.3, 0.4) is 0 Å². The fourth-order valence-electron chi connectivity index (χ4n) is 2.74. The van der Waals surface area contributed by atoms with Crippen molar-refractivity contribution in [1.29, 1.82) is 0 Å². The van der Waals surface area contributed by atoms with Gasteiger partial charge in [0.1, 0.15) is 0 Å². The van der Waals surface area contributed by atoms with Crippen molar-refractivity contribution in [2.75, 3.05) is 10.6 Å². The summed E-state index contributed by atoms with van der Waals surface area (Å²) in [5.41, 5.74) is 0.973. The average molecular weight is 390 g/mol. The van der Waals surface area contributed by atoms with E-state index < -0.39 is 24.4 Å². The maximum absolute atomic E-state index is 12.5. The first-order valence-corrected chi connectivity index (χ1v) is 8.73. The summed E-state index contributed by atoms with van der Waals surface area (Å²) in [6.07, 6.45) is 0. The molecule has 0 aromatic heterocycles. The molecule has 0 aliphatic heterocycles. The number of amides is 2. The Morgan fingerprint density at radius 1 is 0.724 bits per heavy atom. The van der Waals surface area contributed by atoms with E-state index in [9.17, 15) is 24.6 Å². The van der Waals surface area contributed by atoms with Crippen molar-refractivity contribution < 1.29 is 24.6 Å². The molecule has 0 saturated heterocycles. The minimum Gasteiger partial charge on any atom is -0.478 e. The highest BCUT2D eigenvalue weighted by Gasteiger charge is 2.18. The first-order chi connectivity index (χ1) is 14.0. The Hall–Kier alpha value is -3.97. The molecule has 0 spiro atoms. The van der Waals surface area contributed by atoms with Gasteiger partial charge in [0.15, 0.2) is 0 Å². The molecule has 0 heterocycles. The predicted molar refractivity (Wildman–Crippen MR) is 108 cm³/mol. The number of hydrogen-bond acceptors (Lipinski definition) is 4. The van der Waals surface area contributed by atoms with Gasteiger partial charge in [0, 0.05) is 22.4 Å². The van der Waals surface area contributed by atoms with Crippen molar-refractivity contribution in [3.63, 3.8) is 0 Å². The number of benzene rings is 3. The number of carbonyl (C=O) groups excluding carboxylic acids is 2. The lowest BCUT2D eigenvalue weighted by atomic mass is 10.0. The Labute approximate surface area is 166 Å². The number of aliphatic hydroxyl groups excluding tert-OH is 1. The quantitative estimate of drug-likeness (QED) is 0.515. The van der Waals surface area contributed by atoms with Gasteiger partial charge < -0.3 is 20.8 Å². The van der Waals surface area contributed by atoms with E-state index in [1.165, 1.54) is 12.1 Å². The fraction of sp³-hybridized carbons (Fsp3) is 0.0455. The first kappa shape index (κ1) is 19.8. The third-order valence-corrected chi connectivity index (χ3v) is 4.21. The van der Waals surface area contributed by atoms with Gasteiger partial charge in [-0.2, -0.15) is 0 Å². The molecule has 146 valence electrons. The summed E-state index contributed by atoms with van der Waals surface area (Å²) < 4.78 is 0. The summed E-state index contributed by atoms with van der Waals surface area (Å²) in [5.74, 6) is -2.20. The van der Waals surface area contributed by atoms with Gasteiger partial charge in [-0.15, -0.1) is 0 Å². The van der Waals surface area contributed by atoms with Crippen LogP contribution in [0.5, 0.6) is 0 Å². The van der Waals surface area contributed by atoms with Crippen LogP contribution in [0.2, 0.25) is 0 Å². The molecule has 2 amide bonds. The van der Waals surface area contributed by atoms with Crippen molar-refractivity contribution in [2.45, 2.75) is 6.61 Å². The number of carboxylic acid groups (broad SMARTS) is 1. The number of hydrogen-bond donors (Lipinski definition) is 4. The number of aromatic carboxylic acids is 1. The Kier molecular flexibility index (Phi) is 6.01. The summed E-state index contributed by atoms with van der Waals surface area (Å²) in [6.45, 7) is -0.488. The van der Waals surface area contributed by atoms with Gasteiger partial charge in [-0.05, 0) is 36.4 Å². The number of anilines is 2. The molecule has 3 rings (SSSR count). The summed E-state index contributed by atoms with van der Waals surface area (Å²) in [4.78, 5) is 36.6. The summed E-state index contributed by atoms with van der Waals surface area (Å²) in [7, 11) is 0. The maximum atomic E-state index is 12.5. The molecule has 0 radical (unpaired) electrons. The summed E-state index contributed by atoms with van der Waals surface area (Å²) in [6, 6.07) is 19.3. The lowest BCUT2D eigenvalue weighted by Gasteiger charge is -2.15. The number of aliphatic hydroxyl groups is 1. The summed E-state index contributed by atoms with van der Waals surface area (Å²) >= 11 is 0. The van der Waals surface area contributed by atoms with Gasteiger partial charge in [-0.1, -0.05) is 36.4 Å². The highest BCUT2D eigenvalue weighted by atomic mass is 16.4. The van der Waals surface area contributed by atoms with E-state index in [-0.39, 0.29) is 22.5 Å². The normalized spacial score (nSPS) is 10.2. The fourth-order valence-corrected chi connectivity index (χ4v) is 2.74. The zero-order valence-corrected chi connectivity index (χ0v) is 15.3. The lowest BCUT2D eigenvalue weighted by Crippen LogP contribution is -2.18. The number of rotatable bonds is 6. The van der Waals surface area contributed by atoms with Gasteiger partial charge in [-0.25, -0.2) is 4.79 Å². The average Bonchev–Trinajstić information content (AvgIpc) is 2.75. The Morgan fingerprint density at radius 2 is 1.21 bits per heavy atom. The van der Waals surface area contributed by atoms with E-state index in [2.05, 4.69) is 10.6 Å². The minimum atomic E-state index is -1.27. The standard InChI is InChI=1S/C22H18N2O5/c25-13-16-11-17(22(28)29)19(24-21(27)15-9-5-2-6-10-15)12-18(16)23-20(26)14-7-3-1-4-8-14/h1-12,25H,13H2,(H,23,26)(H,24,27)(H,28,29). The van der Waals surface area contributed by atoms with Gasteiger partial charge in [-0.3, -0.25) is 9.59 Å². The van der Waals surface area contributed by atoms with Crippen LogP contribution in [-0.4, -0.2) is 28.0 Å². The van der Waals surface area contributed by atoms with Crippen LogP contribution in [0.25, 0.3) is 0 Å². The number of nitrogens with one attached hydrogen (secondary N) is 2. The molecule has 0 saturated carbocycles. The molecule has 7 nitrogen and oxygen atoms in total. The zero-order chi connectivity index (χ0) is 20.8. The molecule has 3 aromatic rings. The van der Waals surface area contributed by atoms with Crippen LogP contribution in [0.4, 0.5) is 11.4 Å². The van der Waals surface area contributed by atoms with Crippen molar-refractivity contribution in [1.82, 2.24) is 0 Å². The van der Waals surface area contributed by atoms with E-state index >= 15 is 0 Å². The second kappa shape index (κ2) is 8.81. The monoisotopic (exact) mass is 390 g/mol. The number of carbonyl (C=O) groups is 3. The van der Waals surface area contributed by atoms with E-state index in [0.717, 1.165) is 0 Å². The maximum Gasteiger partial charge on any atom is 0.337 e. The SMILES string of the molecule is O=C(Nc1cc(NC(=O)c2ccccc2)c(C(=O)O)cc1CO)c1ccccc1. The second-order valence-electron chi connectivity index (χ2n) is 6.16. The van der Waals surface area contributed by atoms with E-state index in [1.807, 2.05) is 0 Å². The van der Waals surface area contributed by atoms with E-state index in [1.54, 1.807) is 60.7 Å². The Balaban J connectivity index is 1.96. The van der Waals surface area contributed by atoms with Crippen LogP contribution in [-0.2, 0) is 6.61 Å². The van der Waals surface area contributed by atoms with Crippen LogP contribution in [0.15, 0.2) is 72.8 Å². The van der Waals surface area contributed by atoms with E-state index in [4.69, 9.17) is 0 Å². The molecule has 0 atom stereocenters. The molecule has 0 aliphatic carbocycles. The molecule has 7 heteroatoms. The lowest BCUT2D eigenvalue weighted by molar-refractivity contribution is 0.0697. The van der Waals surface area contributed by atoms with Gasteiger partial charge in [0.25, 0.3) is 11.8 Å². The molecule has 29 heavy (non-hydrogen) atoms. The molecule has 4 N–H and O–H groups in total. The van der Waals surface area contributed by atoms with E-state index in [0.29, 0.717) is 11.1 Å². The van der Waals surface area contributed by atoms with Crippen molar-refractivity contribution in [3.8, 4) is 0 Å². The van der Waals surface area contributed by atoms with Crippen LogP contribution >= 0.6 is 0 Å². The largest absolute Gasteiger partial charge is 0.478 e. The highest BCUT2D eigenvalue weighted by molar-refractivity contribution is 6.10. The zero-order valence-electron chi connectivity index (χ0n) is 15.3. The molecule has 0 bridgehead atoms. The topological polar surface area (TPSA) is 116 Å². The predicted octanol–water partition coefficient (Wildman–Crippen LogP) is 3.38. The second-order valence-corrected chi connectivity index (χ2v) is 6.16. The first-order valence-electron chi connectivity index (χ1n) is 8.73. The molecular weight excluding hydrogens is 372 g/mol. The smallest absolute Gasteiger partial charge is 0.337 e. The molecule has 0 unspecified atom stereocenters. The van der Waals surface area contributed by atoms with Gasteiger partial charge >= 0.3 is 5.97 Å². The molecule has 0 fully saturated rings. The molecular formula is C22H18N2O5. The Bertz CT molecular complexity index is 1050. The van der Waals surface area contributed by atoms with Crippen LogP contribution in [0, 0.1) is 0 Å². The van der Waals surface area contributed by atoms with Gasteiger partial charge in [0.05, 0.1) is 17.9 Å². The molecule has 0 aliphatic rings.